The number of benzene rings is 1. The second kappa shape index (κ2) is 5.64. The van der Waals surface area contributed by atoms with E-state index in [0.717, 1.165) is 29.7 Å². The quantitative estimate of drug-likeness (QED) is 0.767. The van der Waals surface area contributed by atoms with E-state index in [2.05, 4.69) is 0 Å². The van der Waals surface area contributed by atoms with Crippen LogP contribution in [0.25, 0.3) is 6.08 Å². The van der Waals surface area contributed by atoms with Crippen molar-refractivity contribution in [3.05, 3.63) is 41.5 Å². The molecule has 90 valence electrons. The first kappa shape index (κ1) is 11.9. The third-order valence-electron chi connectivity index (χ3n) is 2.77. The molecule has 0 aliphatic heterocycles. The summed E-state index contributed by atoms with van der Waals surface area (Å²) in [6.45, 7) is 1.37. The average molecular weight is 232 g/mol. The molecule has 3 nitrogen and oxygen atoms in total. The highest BCUT2D eigenvalue weighted by Gasteiger charge is 2.21. The smallest absolute Gasteiger partial charge is 0.328 e. The maximum atomic E-state index is 10.5. The van der Waals surface area contributed by atoms with Crippen LogP contribution in [0.3, 0.4) is 0 Å². The third kappa shape index (κ3) is 4.04. The van der Waals surface area contributed by atoms with Gasteiger partial charge in [0.25, 0.3) is 0 Å². The van der Waals surface area contributed by atoms with Gasteiger partial charge < -0.3 is 9.84 Å². The zero-order valence-corrected chi connectivity index (χ0v) is 9.63. The lowest BCUT2D eigenvalue weighted by molar-refractivity contribution is -0.131. The van der Waals surface area contributed by atoms with Crippen molar-refractivity contribution in [1.82, 2.24) is 0 Å². The van der Waals surface area contributed by atoms with Gasteiger partial charge in [-0.3, -0.25) is 0 Å². The molecule has 1 aliphatic rings. The molecule has 0 spiro atoms. The van der Waals surface area contributed by atoms with Gasteiger partial charge in [0.1, 0.15) is 0 Å². The molecule has 1 aromatic carbocycles. The highest BCUT2D eigenvalue weighted by Crippen LogP contribution is 2.29. The molecule has 1 N–H and O–H groups in total. The highest BCUT2D eigenvalue weighted by molar-refractivity contribution is 5.85. The molecule has 0 atom stereocenters. The molecule has 17 heavy (non-hydrogen) atoms. The van der Waals surface area contributed by atoms with Gasteiger partial charge in [-0.1, -0.05) is 24.3 Å². The molecule has 2 rings (SSSR count). The minimum atomic E-state index is -0.932. The molecule has 0 bridgehead atoms. The number of carbonyl (C=O) groups is 1. The molecule has 0 aromatic heterocycles. The van der Waals surface area contributed by atoms with Crippen molar-refractivity contribution >= 4 is 12.0 Å². The highest BCUT2D eigenvalue weighted by atomic mass is 16.5. The SMILES string of the molecule is O=C(O)C=Cc1ccccc1COCC1CC1. The Morgan fingerprint density at radius 1 is 1.41 bits per heavy atom. The van der Waals surface area contributed by atoms with Crippen molar-refractivity contribution < 1.29 is 14.6 Å². The first-order valence-corrected chi connectivity index (χ1v) is 5.82. The van der Waals surface area contributed by atoms with Crippen LogP contribution in [-0.2, 0) is 16.1 Å². The Kier molecular flexibility index (Phi) is 3.94. The number of rotatable bonds is 6. The number of carboxylic acid groups (broad SMARTS) is 1. The van der Waals surface area contributed by atoms with Crippen molar-refractivity contribution in [2.24, 2.45) is 5.92 Å². The maximum absolute atomic E-state index is 10.5. The van der Waals surface area contributed by atoms with Crippen molar-refractivity contribution in [3.8, 4) is 0 Å². The van der Waals surface area contributed by atoms with Gasteiger partial charge in [-0.2, -0.15) is 0 Å². The molecule has 1 fully saturated rings. The number of hydrogen-bond acceptors (Lipinski definition) is 2. The largest absolute Gasteiger partial charge is 0.478 e. The first-order valence-electron chi connectivity index (χ1n) is 5.82. The minimum Gasteiger partial charge on any atom is -0.478 e. The van der Waals surface area contributed by atoms with E-state index in [1.807, 2.05) is 24.3 Å². The summed E-state index contributed by atoms with van der Waals surface area (Å²) in [6, 6.07) is 7.70. The Labute approximate surface area is 101 Å². The Hall–Kier alpha value is -1.61. The van der Waals surface area contributed by atoms with Crippen LogP contribution in [0.5, 0.6) is 0 Å². The van der Waals surface area contributed by atoms with Gasteiger partial charge in [-0.05, 0) is 36.0 Å². The second-order valence-electron chi connectivity index (χ2n) is 4.33. The average Bonchev–Trinajstić information content (AvgIpc) is 3.12. The van der Waals surface area contributed by atoms with E-state index < -0.39 is 5.97 Å². The van der Waals surface area contributed by atoms with Crippen LogP contribution in [0.4, 0.5) is 0 Å². The van der Waals surface area contributed by atoms with Gasteiger partial charge >= 0.3 is 5.97 Å². The van der Waals surface area contributed by atoms with Crippen molar-refractivity contribution in [2.75, 3.05) is 6.61 Å². The standard InChI is InChI=1S/C14H16O3/c15-14(16)8-7-12-3-1-2-4-13(12)10-17-9-11-5-6-11/h1-4,7-8,11H,5-6,9-10H2,(H,15,16). The zero-order valence-electron chi connectivity index (χ0n) is 9.63. The number of aliphatic carboxylic acids is 1. The molecule has 1 saturated carbocycles. The third-order valence-corrected chi connectivity index (χ3v) is 2.77. The monoisotopic (exact) mass is 232 g/mol. The Morgan fingerprint density at radius 2 is 2.18 bits per heavy atom. The zero-order chi connectivity index (χ0) is 12.1. The Balaban J connectivity index is 1.96. The molecular formula is C14H16O3. The van der Waals surface area contributed by atoms with Gasteiger partial charge in [-0.15, -0.1) is 0 Å². The van der Waals surface area contributed by atoms with E-state index in [1.165, 1.54) is 12.8 Å². The molecular weight excluding hydrogens is 216 g/mol. The van der Waals surface area contributed by atoms with Crippen LogP contribution in [0.1, 0.15) is 24.0 Å². The minimum absolute atomic E-state index is 0.552. The van der Waals surface area contributed by atoms with Crippen LogP contribution in [0.15, 0.2) is 30.3 Å². The molecule has 1 aliphatic carbocycles. The van der Waals surface area contributed by atoms with Gasteiger partial charge in [0.05, 0.1) is 6.61 Å². The summed E-state index contributed by atoms with van der Waals surface area (Å²) < 4.78 is 5.61. The van der Waals surface area contributed by atoms with Crippen LogP contribution < -0.4 is 0 Å². The lowest BCUT2D eigenvalue weighted by atomic mass is 10.1. The first-order chi connectivity index (χ1) is 8.25. The summed E-state index contributed by atoms with van der Waals surface area (Å²) in [5.74, 6) is -0.185. The van der Waals surface area contributed by atoms with Crippen molar-refractivity contribution in [3.63, 3.8) is 0 Å². The topological polar surface area (TPSA) is 46.5 Å². The fourth-order valence-corrected chi connectivity index (χ4v) is 1.61. The van der Waals surface area contributed by atoms with Crippen molar-refractivity contribution in [2.45, 2.75) is 19.4 Å². The van der Waals surface area contributed by atoms with E-state index in [4.69, 9.17) is 9.84 Å². The molecule has 0 amide bonds. The van der Waals surface area contributed by atoms with Gasteiger partial charge in [-0.25, -0.2) is 4.79 Å². The molecule has 0 radical (unpaired) electrons. The summed E-state index contributed by atoms with van der Waals surface area (Å²) in [7, 11) is 0. The van der Waals surface area contributed by atoms with E-state index >= 15 is 0 Å². The van der Waals surface area contributed by atoms with E-state index in [-0.39, 0.29) is 0 Å². The van der Waals surface area contributed by atoms with Crippen LogP contribution >= 0.6 is 0 Å². The van der Waals surface area contributed by atoms with Gasteiger partial charge in [0, 0.05) is 12.7 Å². The number of hydrogen-bond donors (Lipinski definition) is 1. The molecule has 0 heterocycles. The van der Waals surface area contributed by atoms with Crippen LogP contribution in [0, 0.1) is 5.92 Å². The number of carboxylic acids is 1. The normalized spacial score (nSPS) is 15.3. The molecule has 1 aromatic rings. The van der Waals surface area contributed by atoms with Gasteiger partial charge in [0.2, 0.25) is 0 Å². The predicted molar refractivity (Wildman–Crippen MR) is 65.5 cm³/mol. The molecule has 0 saturated heterocycles. The summed E-state index contributed by atoms with van der Waals surface area (Å²) in [4.78, 5) is 10.5. The maximum Gasteiger partial charge on any atom is 0.328 e. The van der Waals surface area contributed by atoms with Crippen LogP contribution in [0.2, 0.25) is 0 Å². The van der Waals surface area contributed by atoms with E-state index in [9.17, 15) is 4.79 Å². The summed E-state index contributed by atoms with van der Waals surface area (Å²) in [6.07, 6.45) is 5.32. The summed E-state index contributed by atoms with van der Waals surface area (Å²) in [5.41, 5.74) is 1.94. The fourth-order valence-electron chi connectivity index (χ4n) is 1.61. The van der Waals surface area contributed by atoms with E-state index in [0.29, 0.717) is 6.61 Å². The Morgan fingerprint density at radius 3 is 2.88 bits per heavy atom. The lowest BCUT2D eigenvalue weighted by Gasteiger charge is -2.06. The molecule has 3 heteroatoms. The fraction of sp³-hybridized carbons (Fsp3) is 0.357. The summed E-state index contributed by atoms with van der Waals surface area (Å²) >= 11 is 0. The Bertz CT molecular complexity index is 419. The second-order valence-corrected chi connectivity index (χ2v) is 4.33. The number of ether oxygens (including phenoxy) is 1. The van der Waals surface area contributed by atoms with Crippen molar-refractivity contribution in [1.29, 1.82) is 0 Å². The van der Waals surface area contributed by atoms with Crippen LogP contribution in [-0.4, -0.2) is 17.7 Å². The van der Waals surface area contributed by atoms with Gasteiger partial charge in [0.15, 0.2) is 0 Å². The lowest BCUT2D eigenvalue weighted by Crippen LogP contribution is -1.98. The summed E-state index contributed by atoms with van der Waals surface area (Å²) in [5, 5.41) is 8.60. The predicted octanol–water partition coefficient (Wildman–Crippen LogP) is 2.71. The molecule has 0 unspecified atom stereocenters. The van der Waals surface area contributed by atoms with E-state index in [1.54, 1.807) is 6.08 Å².